The number of hydrogen-bond donors (Lipinski definition) is 1. The predicted molar refractivity (Wildman–Crippen MR) is 73.8 cm³/mol. The van der Waals surface area contributed by atoms with E-state index in [0.29, 0.717) is 5.88 Å². The molecule has 0 spiro atoms. The van der Waals surface area contributed by atoms with Crippen LogP contribution in [0.25, 0.3) is 0 Å². The second-order valence-corrected chi connectivity index (χ2v) is 5.62. The smallest absolute Gasteiger partial charge is 0.0929 e. The molecule has 0 saturated carbocycles. The maximum atomic E-state index is 9.19. The lowest BCUT2D eigenvalue weighted by molar-refractivity contribution is 0.164. The first kappa shape index (κ1) is 14.9. The first-order valence-corrected chi connectivity index (χ1v) is 7.39. The predicted octanol–water partition coefficient (Wildman–Crippen LogP) is 2.52. The van der Waals surface area contributed by atoms with Crippen molar-refractivity contribution in [2.24, 2.45) is 0 Å². The molecule has 1 atom stereocenters. The molecular formula is C12H21ClN2OS. The van der Waals surface area contributed by atoms with Crippen LogP contribution in [-0.4, -0.2) is 41.2 Å². The summed E-state index contributed by atoms with van der Waals surface area (Å²) in [6.45, 7) is 3.82. The molecule has 1 aromatic rings. The molecule has 1 N–H and O–H groups in total. The fraction of sp³-hybridized carbons (Fsp3) is 0.750. The van der Waals surface area contributed by atoms with Crippen LogP contribution in [0.1, 0.15) is 30.5 Å². The lowest BCUT2D eigenvalue weighted by Gasteiger charge is -2.16. The Bertz CT molecular complexity index is 317. The molecule has 0 amide bonds. The molecule has 1 heterocycles. The van der Waals surface area contributed by atoms with E-state index >= 15 is 0 Å². The first-order valence-electron chi connectivity index (χ1n) is 5.97. The van der Waals surface area contributed by atoms with Crippen molar-refractivity contribution in [3.63, 3.8) is 0 Å². The Hall–Kier alpha value is -0.160. The Morgan fingerprint density at radius 3 is 2.88 bits per heavy atom. The number of halogens is 1. The van der Waals surface area contributed by atoms with Gasteiger partial charge in [0.05, 0.1) is 22.7 Å². The Morgan fingerprint density at radius 2 is 2.29 bits per heavy atom. The van der Waals surface area contributed by atoms with Crippen molar-refractivity contribution < 1.29 is 5.11 Å². The summed E-state index contributed by atoms with van der Waals surface area (Å²) in [5, 5.41) is 12.4. The Morgan fingerprint density at radius 1 is 1.53 bits per heavy atom. The van der Waals surface area contributed by atoms with Gasteiger partial charge in [-0.15, -0.1) is 22.9 Å². The normalized spacial score (nSPS) is 13.2. The molecule has 0 aliphatic carbocycles. The monoisotopic (exact) mass is 276 g/mol. The number of aliphatic hydroxyl groups is 1. The van der Waals surface area contributed by atoms with E-state index in [0.717, 1.165) is 38.0 Å². The van der Waals surface area contributed by atoms with Crippen molar-refractivity contribution in [1.29, 1.82) is 0 Å². The van der Waals surface area contributed by atoms with Crippen LogP contribution in [0.5, 0.6) is 0 Å². The molecule has 0 aliphatic heterocycles. The third kappa shape index (κ3) is 6.36. The summed E-state index contributed by atoms with van der Waals surface area (Å²) in [6.07, 6.45) is 2.75. The van der Waals surface area contributed by atoms with Gasteiger partial charge < -0.3 is 10.0 Å². The van der Waals surface area contributed by atoms with Gasteiger partial charge in [0.25, 0.3) is 0 Å². The van der Waals surface area contributed by atoms with Gasteiger partial charge in [0, 0.05) is 18.3 Å². The summed E-state index contributed by atoms with van der Waals surface area (Å²) in [7, 11) is 2.09. The number of thiazole rings is 1. The third-order valence-corrected chi connectivity index (χ3v) is 3.83. The van der Waals surface area contributed by atoms with Crippen LogP contribution in [0.4, 0.5) is 0 Å². The number of rotatable bonds is 8. The second kappa shape index (κ2) is 8.03. The molecule has 1 rings (SSSR count). The van der Waals surface area contributed by atoms with E-state index in [1.165, 1.54) is 5.01 Å². The van der Waals surface area contributed by atoms with Crippen LogP contribution in [-0.2, 0) is 12.3 Å². The SMILES string of the molecule is CC(O)CCN(C)CCCc1nc(CCl)cs1. The molecule has 17 heavy (non-hydrogen) atoms. The average Bonchev–Trinajstić information content (AvgIpc) is 2.74. The third-order valence-electron chi connectivity index (χ3n) is 2.60. The highest BCUT2D eigenvalue weighted by atomic mass is 35.5. The number of nitrogens with zero attached hydrogens (tertiary/aromatic N) is 2. The largest absolute Gasteiger partial charge is 0.393 e. The maximum absolute atomic E-state index is 9.19. The molecule has 0 aliphatic rings. The van der Waals surface area contributed by atoms with E-state index in [4.69, 9.17) is 11.6 Å². The molecule has 0 bridgehead atoms. The molecule has 98 valence electrons. The molecule has 0 fully saturated rings. The molecule has 0 saturated heterocycles. The Labute approximate surface area is 112 Å². The van der Waals surface area contributed by atoms with Gasteiger partial charge in [-0.1, -0.05) is 0 Å². The summed E-state index contributed by atoms with van der Waals surface area (Å²) < 4.78 is 0. The highest BCUT2D eigenvalue weighted by Gasteiger charge is 2.04. The van der Waals surface area contributed by atoms with Gasteiger partial charge in [-0.2, -0.15) is 0 Å². The molecule has 5 heteroatoms. The average molecular weight is 277 g/mol. The standard InChI is InChI=1S/C12H21ClN2OS/c1-10(16)5-7-15(2)6-3-4-12-14-11(8-13)9-17-12/h9-10,16H,3-8H2,1-2H3. The number of aryl methyl sites for hydroxylation is 1. The van der Waals surface area contributed by atoms with Crippen molar-refractivity contribution in [3.8, 4) is 0 Å². The van der Waals surface area contributed by atoms with E-state index in [-0.39, 0.29) is 6.10 Å². The molecule has 0 aromatic carbocycles. The summed E-state index contributed by atoms with van der Waals surface area (Å²) in [4.78, 5) is 6.68. The highest BCUT2D eigenvalue weighted by Crippen LogP contribution is 2.13. The zero-order chi connectivity index (χ0) is 12.7. The summed E-state index contributed by atoms with van der Waals surface area (Å²) >= 11 is 7.40. The van der Waals surface area contributed by atoms with Crippen LogP contribution >= 0.6 is 22.9 Å². The minimum Gasteiger partial charge on any atom is -0.393 e. The minimum absolute atomic E-state index is 0.206. The van der Waals surface area contributed by atoms with Crippen molar-refractivity contribution >= 4 is 22.9 Å². The van der Waals surface area contributed by atoms with Crippen LogP contribution < -0.4 is 0 Å². The molecule has 1 aromatic heterocycles. The zero-order valence-corrected chi connectivity index (χ0v) is 12.1. The van der Waals surface area contributed by atoms with Gasteiger partial charge in [0.1, 0.15) is 0 Å². The van der Waals surface area contributed by atoms with Gasteiger partial charge in [0.2, 0.25) is 0 Å². The quantitative estimate of drug-likeness (QED) is 0.741. The van der Waals surface area contributed by atoms with E-state index in [9.17, 15) is 5.11 Å². The van der Waals surface area contributed by atoms with E-state index in [1.54, 1.807) is 11.3 Å². The Kier molecular flexibility index (Phi) is 7.04. The van der Waals surface area contributed by atoms with Crippen molar-refractivity contribution in [1.82, 2.24) is 9.88 Å². The lowest BCUT2D eigenvalue weighted by Crippen LogP contribution is -2.23. The maximum Gasteiger partial charge on any atom is 0.0929 e. The first-order chi connectivity index (χ1) is 8.11. The summed E-state index contributed by atoms with van der Waals surface area (Å²) in [6, 6.07) is 0. The minimum atomic E-state index is -0.206. The van der Waals surface area contributed by atoms with Gasteiger partial charge in [-0.25, -0.2) is 4.98 Å². The van der Waals surface area contributed by atoms with Crippen LogP contribution in [0.2, 0.25) is 0 Å². The van der Waals surface area contributed by atoms with Gasteiger partial charge >= 0.3 is 0 Å². The fourth-order valence-electron chi connectivity index (χ4n) is 1.54. The van der Waals surface area contributed by atoms with Crippen LogP contribution in [0.3, 0.4) is 0 Å². The number of aromatic nitrogens is 1. The highest BCUT2D eigenvalue weighted by molar-refractivity contribution is 7.09. The van der Waals surface area contributed by atoms with Crippen molar-refractivity contribution in [2.75, 3.05) is 20.1 Å². The fourth-order valence-corrected chi connectivity index (χ4v) is 2.61. The molecule has 1 unspecified atom stereocenters. The van der Waals surface area contributed by atoms with Crippen molar-refractivity contribution in [2.45, 2.75) is 38.2 Å². The van der Waals surface area contributed by atoms with Crippen LogP contribution in [0.15, 0.2) is 5.38 Å². The molecule has 3 nitrogen and oxygen atoms in total. The van der Waals surface area contributed by atoms with E-state index < -0.39 is 0 Å². The summed E-state index contributed by atoms with van der Waals surface area (Å²) in [5.74, 6) is 0.505. The number of hydrogen-bond acceptors (Lipinski definition) is 4. The molecule has 0 radical (unpaired) electrons. The topological polar surface area (TPSA) is 36.4 Å². The number of aliphatic hydroxyl groups excluding tert-OH is 1. The van der Waals surface area contributed by atoms with Crippen LogP contribution in [0, 0.1) is 0 Å². The Balaban J connectivity index is 2.14. The van der Waals surface area contributed by atoms with Gasteiger partial charge in [-0.05, 0) is 33.4 Å². The molecular weight excluding hydrogens is 256 g/mol. The van der Waals surface area contributed by atoms with Gasteiger partial charge in [0.15, 0.2) is 0 Å². The van der Waals surface area contributed by atoms with Gasteiger partial charge in [-0.3, -0.25) is 0 Å². The van der Waals surface area contributed by atoms with E-state index in [2.05, 4.69) is 16.9 Å². The lowest BCUT2D eigenvalue weighted by atomic mass is 10.2. The number of alkyl halides is 1. The second-order valence-electron chi connectivity index (χ2n) is 4.41. The van der Waals surface area contributed by atoms with Crippen molar-refractivity contribution in [3.05, 3.63) is 16.1 Å². The zero-order valence-electron chi connectivity index (χ0n) is 10.5. The summed E-state index contributed by atoms with van der Waals surface area (Å²) in [5.41, 5.74) is 0.981. The van der Waals surface area contributed by atoms with E-state index in [1.807, 2.05) is 12.3 Å².